The first-order chi connectivity index (χ1) is 9.84. The lowest BCUT2D eigenvalue weighted by Crippen LogP contribution is -2.17. The molecule has 21 heavy (non-hydrogen) atoms. The Bertz CT molecular complexity index is 637. The topological polar surface area (TPSA) is 92.3 Å². The van der Waals surface area contributed by atoms with Gasteiger partial charge in [-0.1, -0.05) is 0 Å². The molecular weight excluding hydrogens is 292 g/mol. The highest BCUT2D eigenvalue weighted by Gasteiger charge is 2.29. The van der Waals surface area contributed by atoms with Gasteiger partial charge in [-0.25, -0.2) is 8.42 Å². The van der Waals surface area contributed by atoms with E-state index in [0.717, 1.165) is 0 Å². The lowest BCUT2D eigenvalue weighted by Gasteiger charge is -2.09. The fourth-order valence-electron chi connectivity index (χ4n) is 2.35. The molecule has 1 fully saturated rings. The zero-order valence-electron chi connectivity index (χ0n) is 11.8. The maximum atomic E-state index is 11.9. The number of sulfone groups is 1. The summed E-state index contributed by atoms with van der Waals surface area (Å²) in [7, 11) is -2.95. The minimum atomic E-state index is -2.95. The number of hydrogen-bond acceptors (Lipinski definition) is 4. The largest absolute Gasteiger partial charge is 0.326 e. The smallest absolute Gasteiger partial charge is 0.224 e. The third kappa shape index (κ3) is 4.86. The standard InChI is InChI=1S/C14H18N2O4S/c1-10(17)15-12-2-4-13(5-3-12)16-14(18)8-11-6-7-21(19,20)9-11/h2-5,11H,6-9H2,1H3,(H,15,17)(H,16,18)/t11-/m0/s1. The van der Waals surface area contributed by atoms with E-state index in [1.54, 1.807) is 24.3 Å². The van der Waals surface area contributed by atoms with Gasteiger partial charge >= 0.3 is 0 Å². The molecule has 1 atom stereocenters. The fraction of sp³-hybridized carbons (Fsp3) is 0.429. The second-order valence-electron chi connectivity index (χ2n) is 5.28. The Hall–Kier alpha value is -1.89. The molecule has 0 bridgehead atoms. The van der Waals surface area contributed by atoms with E-state index >= 15 is 0 Å². The third-order valence-electron chi connectivity index (χ3n) is 3.29. The van der Waals surface area contributed by atoms with E-state index < -0.39 is 9.84 Å². The van der Waals surface area contributed by atoms with Gasteiger partial charge in [-0.2, -0.15) is 0 Å². The first kappa shape index (κ1) is 15.5. The van der Waals surface area contributed by atoms with Crippen LogP contribution in [0.5, 0.6) is 0 Å². The molecule has 1 aliphatic heterocycles. The van der Waals surface area contributed by atoms with Crippen molar-refractivity contribution in [2.24, 2.45) is 5.92 Å². The normalized spacial score (nSPS) is 20.0. The molecule has 6 nitrogen and oxygen atoms in total. The van der Waals surface area contributed by atoms with Crippen LogP contribution < -0.4 is 10.6 Å². The lowest BCUT2D eigenvalue weighted by atomic mass is 10.1. The van der Waals surface area contributed by atoms with Crippen molar-refractivity contribution in [1.29, 1.82) is 0 Å². The van der Waals surface area contributed by atoms with Crippen LogP contribution in [0.2, 0.25) is 0 Å². The summed E-state index contributed by atoms with van der Waals surface area (Å²) < 4.78 is 22.7. The Labute approximate surface area is 123 Å². The average molecular weight is 310 g/mol. The van der Waals surface area contributed by atoms with Crippen molar-refractivity contribution in [3.8, 4) is 0 Å². The van der Waals surface area contributed by atoms with Crippen LogP contribution in [0.4, 0.5) is 11.4 Å². The number of rotatable bonds is 4. The minimum Gasteiger partial charge on any atom is -0.326 e. The average Bonchev–Trinajstić information content (AvgIpc) is 2.70. The zero-order chi connectivity index (χ0) is 15.5. The summed E-state index contributed by atoms with van der Waals surface area (Å²) in [6, 6.07) is 6.76. The van der Waals surface area contributed by atoms with Crippen molar-refractivity contribution in [2.75, 3.05) is 22.1 Å². The van der Waals surface area contributed by atoms with Gasteiger partial charge < -0.3 is 10.6 Å². The monoisotopic (exact) mass is 310 g/mol. The van der Waals surface area contributed by atoms with Crippen LogP contribution in [0.3, 0.4) is 0 Å². The molecule has 1 saturated heterocycles. The fourth-order valence-corrected chi connectivity index (χ4v) is 4.21. The molecule has 0 radical (unpaired) electrons. The van der Waals surface area contributed by atoms with Crippen molar-refractivity contribution in [2.45, 2.75) is 19.8 Å². The number of nitrogens with one attached hydrogen (secondary N) is 2. The maximum absolute atomic E-state index is 11.9. The Kier molecular flexibility index (Phi) is 4.62. The number of carbonyl (C=O) groups excluding carboxylic acids is 2. The predicted molar refractivity (Wildman–Crippen MR) is 80.8 cm³/mol. The van der Waals surface area contributed by atoms with Crippen molar-refractivity contribution in [3.63, 3.8) is 0 Å². The van der Waals surface area contributed by atoms with Crippen LogP contribution in [0.15, 0.2) is 24.3 Å². The number of carbonyl (C=O) groups is 2. The van der Waals surface area contributed by atoms with Gasteiger partial charge in [0.15, 0.2) is 9.84 Å². The van der Waals surface area contributed by atoms with E-state index in [-0.39, 0.29) is 35.7 Å². The van der Waals surface area contributed by atoms with Crippen LogP contribution in [-0.2, 0) is 19.4 Å². The second-order valence-corrected chi connectivity index (χ2v) is 7.51. The van der Waals surface area contributed by atoms with Crippen molar-refractivity contribution in [3.05, 3.63) is 24.3 Å². The van der Waals surface area contributed by atoms with Crippen molar-refractivity contribution in [1.82, 2.24) is 0 Å². The second kappa shape index (κ2) is 6.26. The van der Waals surface area contributed by atoms with Crippen LogP contribution in [0, 0.1) is 5.92 Å². The molecule has 2 amide bonds. The molecular formula is C14H18N2O4S. The highest BCUT2D eigenvalue weighted by molar-refractivity contribution is 7.91. The maximum Gasteiger partial charge on any atom is 0.224 e. The summed E-state index contributed by atoms with van der Waals surface area (Å²) in [4.78, 5) is 22.8. The Morgan fingerprint density at radius 2 is 1.71 bits per heavy atom. The van der Waals surface area contributed by atoms with E-state index in [4.69, 9.17) is 0 Å². The molecule has 0 aliphatic carbocycles. The summed E-state index contributed by atoms with van der Waals surface area (Å²) in [5.74, 6) is -0.162. The number of amides is 2. The van der Waals surface area contributed by atoms with E-state index in [9.17, 15) is 18.0 Å². The first-order valence-corrected chi connectivity index (χ1v) is 8.54. The van der Waals surface area contributed by atoms with Gasteiger partial charge in [-0.05, 0) is 36.6 Å². The molecule has 1 aliphatic rings. The molecule has 7 heteroatoms. The number of anilines is 2. The van der Waals surface area contributed by atoms with Crippen molar-refractivity contribution < 1.29 is 18.0 Å². The summed E-state index contributed by atoms with van der Waals surface area (Å²) in [5.41, 5.74) is 1.28. The lowest BCUT2D eigenvalue weighted by molar-refractivity contribution is -0.117. The molecule has 0 saturated carbocycles. The summed E-state index contributed by atoms with van der Waals surface area (Å²) in [6.45, 7) is 1.42. The first-order valence-electron chi connectivity index (χ1n) is 6.72. The van der Waals surface area contributed by atoms with Gasteiger partial charge in [0.2, 0.25) is 11.8 Å². The van der Waals surface area contributed by atoms with Gasteiger partial charge in [-0.15, -0.1) is 0 Å². The third-order valence-corrected chi connectivity index (χ3v) is 5.13. The van der Waals surface area contributed by atoms with Crippen LogP contribution in [-0.4, -0.2) is 31.7 Å². The number of hydrogen-bond donors (Lipinski definition) is 2. The van der Waals surface area contributed by atoms with Gasteiger partial charge in [-0.3, -0.25) is 9.59 Å². The predicted octanol–water partition coefficient (Wildman–Crippen LogP) is 1.41. The summed E-state index contributed by atoms with van der Waals surface area (Å²) in [6.07, 6.45) is 0.768. The Balaban J connectivity index is 1.86. The molecule has 114 valence electrons. The molecule has 2 N–H and O–H groups in total. The highest BCUT2D eigenvalue weighted by Crippen LogP contribution is 2.22. The van der Waals surface area contributed by atoms with Gasteiger partial charge in [0.05, 0.1) is 11.5 Å². The molecule has 1 aromatic carbocycles. The van der Waals surface area contributed by atoms with Gasteiger partial charge in [0.25, 0.3) is 0 Å². The molecule has 0 unspecified atom stereocenters. The minimum absolute atomic E-state index is 0.0892. The Morgan fingerprint density at radius 3 is 2.19 bits per heavy atom. The van der Waals surface area contributed by atoms with E-state index in [1.807, 2.05) is 0 Å². The molecule has 0 aromatic heterocycles. The summed E-state index contributed by atoms with van der Waals surface area (Å²) in [5, 5.41) is 5.36. The van der Waals surface area contributed by atoms with E-state index in [1.165, 1.54) is 6.92 Å². The van der Waals surface area contributed by atoms with Crippen LogP contribution in [0.25, 0.3) is 0 Å². The quantitative estimate of drug-likeness (QED) is 0.879. The molecule has 0 spiro atoms. The van der Waals surface area contributed by atoms with E-state index in [0.29, 0.717) is 17.8 Å². The zero-order valence-corrected chi connectivity index (χ0v) is 12.6. The molecule has 1 heterocycles. The van der Waals surface area contributed by atoms with Crippen LogP contribution in [0.1, 0.15) is 19.8 Å². The van der Waals surface area contributed by atoms with Gasteiger partial charge in [0.1, 0.15) is 0 Å². The molecule has 2 rings (SSSR count). The van der Waals surface area contributed by atoms with Crippen LogP contribution >= 0.6 is 0 Å². The Morgan fingerprint density at radius 1 is 1.14 bits per heavy atom. The summed E-state index contributed by atoms with van der Waals surface area (Å²) >= 11 is 0. The van der Waals surface area contributed by atoms with E-state index in [2.05, 4.69) is 10.6 Å². The van der Waals surface area contributed by atoms with Crippen molar-refractivity contribution >= 4 is 33.0 Å². The molecule has 1 aromatic rings. The highest BCUT2D eigenvalue weighted by atomic mass is 32.2. The number of benzene rings is 1. The van der Waals surface area contributed by atoms with Gasteiger partial charge in [0, 0.05) is 24.7 Å². The SMILES string of the molecule is CC(=O)Nc1ccc(NC(=O)C[C@@H]2CCS(=O)(=O)C2)cc1.